The Morgan fingerprint density at radius 3 is 2.36 bits per heavy atom. The van der Waals surface area contributed by atoms with Crippen LogP contribution in [0.1, 0.15) is 27.2 Å². The van der Waals surface area contributed by atoms with E-state index in [1.54, 1.807) is 13.8 Å². The minimum absolute atomic E-state index is 0.291. The standard InChI is InChI=1S/C8H11O2.Li.HO2P/c1-4-5-6-8(2,3)10-7-9;;1-3-2/h4H2,1-3H3;;(H,1,2). The van der Waals surface area contributed by atoms with Crippen molar-refractivity contribution in [1.29, 1.82) is 0 Å². The zero-order valence-corrected chi connectivity index (χ0v) is 9.72. The zero-order valence-electron chi connectivity index (χ0n) is 8.83. The number of carbonyl (C=O) groups is 1. The topological polar surface area (TPSA) is 63.6 Å². The van der Waals surface area contributed by atoms with Crippen molar-refractivity contribution in [3.63, 3.8) is 0 Å². The Labute approximate surface area is 94.9 Å². The van der Waals surface area contributed by atoms with Gasteiger partial charge >= 0.3 is 85.2 Å². The molecule has 0 saturated heterocycles. The molecule has 0 atom stereocenters. The van der Waals surface area contributed by atoms with Gasteiger partial charge in [-0.3, -0.25) is 0 Å². The second kappa shape index (κ2) is 9.25. The number of hydrogen-bond acceptors (Lipinski definition) is 3. The summed E-state index contributed by atoms with van der Waals surface area (Å²) >= 11 is 1.38. The Kier molecular flexibility index (Phi) is 10.7. The fourth-order valence-corrected chi connectivity index (χ4v) is 0.686. The number of ether oxygens (including phenoxy) is 1. The quantitative estimate of drug-likeness (QED) is 0.406. The van der Waals surface area contributed by atoms with Crippen LogP contribution in [0, 0.1) is 11.8 Å². The van der Waals surface area contributed by atoms with Crippen molar-refractivity contribution in [2.75, 3.05) is 0 Å². The fourth-order valence-electron chi connectivity index (χ4n) is 0.686. The van der Waals surface area contributed by atoms with Crippen molar-refractivity contribution in [2.45, 2.75) is 32.8 Å². The van der Waals surface area contributed by atoms with E-state index in [1.165, 1.54) is 17.7 Å². The van der Waals surface area contributed by atoms with E-state index in [1.807, 2.05) is 6.92 Å². The van der Waals surface area contributed by atoms with Crippen molar-refractivity contribution in [2.24, 2.45) is 0 Å². The van der Waals surface area contributed by atoms with E-state index in [9.17, 15) is 4.79 Å². The normalized spacial score (nSPS) is 9.29. The van der Waals surface area contributed by atoms with Crippen LogP contribution in [0.5, 0.6) is 0 Å². The molecule has 0 amide bonds. The second-order valence-corrected chi connectivity index (χ2v) is 3.00. The van der Waals surface area contributed by atoms with E-state index in [0.29, 0.717) is 0 Å². The van der Waals surface area contributed by atoms with Crippen LogP contribution in [-0.4, -0.2) is 32.9 Å². The average Bonchev–Trinajstić information content (AvgIpc) is 2.00. The first-order valence-electron chi connectivity index (χ1n) is 4.06. The summed E-state index contributed by atoms with van der Waals surface area (Å²) in [6, 6.07) is 0. The van der Waals surface area contributed by atoms with Crippen LogP contribution in [0.2, 0.25) is 0 Å². The van der Waals surface area contributed by atoms with E-state index in [-0.39, 0.29) is 4.64 Å². The first-order valence-corrected chi connectivity index (χ1v) is 4.82. The molecule has 0 aliphatic heterocycles. The Hall–Kier alpha value is -0.313. The Morgan fingerprint density at radius 1 is 1.64 bits per heavy atom. The van der Waals surface area contributed by atoms with Crippen LogP contribution in [-0.2, 0) is 9.30 Å². The van der Waals surface area contributed by atoms with Crippen molar-refractivity contribution in [3.8, 4) is 11.8 Å². The minimum atomic E-state index is -0.833. The van der Waals surface area contributed by atoms with E-state index >= 15 is 0 Å². The summed E-state index contributed by atoms with van der Waals surface area (Å²) in [5, 5.41) is 0. The molecule has 0 rings (SSSR count). The van der Waals surface area contributed by atoms with Gasteiger partial charge in [-0.1, -0.05) is 0 Å². The molecular formula is C8H12LiO4P. The van der Waals surface area contributed by atoms with Gasteiger partial charge in [-0.2, -0.15) is 0 Å². The van der Waals surface area contributed by atoms with Gasteiger partial charge < -0.3 is 4.89 Å². The van der Waals surface area contributed by atoms with Crippen LogP contribution in [0.25, 0.3) is 0 Å². The molecule has 1 N–H and O–H groups in total. The first kappa shape index (κ1) is 16.1. The van der Waals surface area contributed by atoms with Gasteiger partial charge in [-0.15, -0.1) is 0 Å². The van der Waals surface area contributed by atoms with Gasteiger partial charge in [0.25, 0.3) is 0 Å². The molecule has 0 heterocycles. The Morgan fingerprint density at radius 2 is 2.07 bits per heavy atom. The molecule has 0 aliphatic carbocycles. The predicted octanol–water partition coefficient (Wildman–Crippen LogP) is 1.67. The van der Waals surface area contributed by atoms with E-state index in [0.717, 1.165) is 6.42 Å². The van der Waals surface area contributed by atoms with Gasteiger partial charge in [-0.05, 0) is 0 Å². The Bertz CT molecular complexity index is 241. The summed E-state index contributed by atoms with van der Waals surface area (Å²) in [6.07, 6.45) is 0.782. The maximum absolute atomic E-state index is 10.5. The third-order valence-electron chi connectivity index (χ3n) is 0.965. The van der Waals surface area contributed by atoms with Crippen molar-refractivity contribution in [3.05, 3.63) is 0 Å². The molecular weight excluding hydrogens is 198 g/mol. The van der Waals surface area contributed by atoms with E-state index < -0.39 is 14.3 Å². The summed E-state index contributed by atoms with van der Waals surface area (Å²) in [7, 11) is -0.833. The van der Waals surface area contributed by atoms with Crippen molar-refractivity contribution < 1.29 is 19.0 Å². The average molecular weight is 210 g/mol. The van der Waals surface area contributed by atoms with Crippen LogP contribution in [0.15, 0.2) is 0 Å². The maximum atomic E-state index is 10.5. The molecule has 0 aliphatic rings. The molecule has 6 heteroatoms. The van der Waals surface area contributed by atoms with Gasteiger partial charge in [0.1, 0.15) is 0 Å². The molecule has 0 bridgehead atoms. The number of carbonyl (C=O) groups excluding carboxylic acids is 1. The molecule has 0 aromatic rings. The molecule has 0 unspecified atom stereocenters. The fraction of sp³-hybridized carbons (Fsp3) is 0.625. The third kappa shape index (κ3) is 14.2. The SMILES string of the molecule is O=PO.[Li][C](=O)OC(C)(C)C#CCC. The first-order chi connectivity index (χ1) is 6.39. The van der Waals surface area contributed by atoms with Crippen molar-refractivity contribution >= 4 is 31.0 Å². The summed E-state index contributed by atoms with van der Waals surface area (Å²) in [5.41, 5.74) is -0.637. The molecule has 74 valence electrons. The van der Waals surface area contributed by atoms with E-state index in [2.05, 4.69) is 11.8 Å². The molecule has 0 spiro atoms. The number of rotatable bonds is 1. The van der Waals surface area contributed by atoms with Crippen LogP contribution >= 0.6 is 8.69 Å². The molecule has 0 radical (unpaired) electrons. The summed E-state index contributed by atoms with van der Waals surface area (Å²) in [4.78, 5) is 17.5. The summed E-state index contributed by atoms with van der Waals surface area (Å²) < 4.78 is 13.1. The molecule has 4 nitrogen and oxygen atoms in total. The van der Waals surface area contributed by atoms with Gasteiger partial charge in [-0.25, -0.2) is 4.57 Å². The molecule has 0 aromatic carbocycles. The molecule has 0 aromatic heterocycles. The summed E-state index contributed by atoms with van der Waals surface area (Å²) in [5.74, 6) is 5.71. The monoisotopic (exact) mass is 210 g/mol. The van der Waals surface area contributed by atoms with Gasteiger partial charge in [0.15, 0.2) is 0 Å². The molecule has 14 heavy (non-hydrogen) atoms. The van der Waals surface area contributed by atoms with Gasteiger partial charge in [0.2, 0.25) is 0 Å². The van der Waals surface area contributed by atoms with Crippen LogP contribution in [0.3, 0.4) is 0 Å². The number of hydrogen-bond donors (Lipinski definition) is 1. The Balaban J connectivity index is 0. The second-order valence-electron chi connectivity index (χ2n) is 2.84. The summed E-state index contributed by atoms with van der Waals surface area (Å²) in [6.45, 7) is 5.50. The molecule has 0 fully saturated rings. The van der Waals surface area contributed by atoms with Gasteiger partial charge in [0, 0.05) is 0 Å². The zero-order chi connectivity index (χ0) is 11.6. The predicted molar refractivity (Wildman–Crippen MR) is 54.2 cm³/mol. The van der Waals surface area contributed by atoms with Crippen LogP contribution in [0.4, 0.5) is 4.79 Å². The van der Waals surface area contributed by atoms with E-state index in [4.69, 9.17) is 14.2 Å². The third-order valence-corrected chi connectivity index (χ3v) is 0.965. The van der Waals surface area contributed by atoms with Gasteiger partial charge in [0.05, 0.1) is 0 Å². The molecule has 0 saturated carbocycles. The van der Waals surface area contributed by atoms with Crippen LogP contribution < -0.4 is 0 Å². The van der Waals surface area contributed by atoms with Crippen molar-refractivity contribution in [1.82, 2.24) is 0 Å².